The molecule has 0 aliphatic heterocycles. The smallest absolute Gasteiger partial charge is 0.422 e. The molecule has 0 atom stereocenters. The topological polar surface area (TPSA) is 128 Å². The third-order valence-corrected chi connectivity index (χ3v) is 8.00. The third kappa shape index (κ3) is 7.71. The van der Waals surface area contributed by atoms with Crippen LogP contribution >= 0.6 is 38.6 Å². The fourth-order valence-corrected chi connectivity index (χ4v) is 5.29. The summed E-state index contributed by atoms with van der Waals surface area (Å²) in [5.41, 5.74) is 17.1. The first-order valence-corrected chi connectivity index (χ1v) is 14.7. The van der Waals surface area contributed by atoms with Gasteiger partial charge in [0.25, 0.3) is 0 Å². The van der Waals surface area contributed by atoms with Crippen molar-refractivity contribution < 1.29 is 10.0 Å². The van der Waals surface area contributed by atoms with E-state index in [0.29, 0.717) is 5.59 Å². The van der Waals surface area contributed by atoms with Gasteiger partial charge >= 0.3 is 7.12 Å². The van der Waals surface area contributed by atoms with Gasteiger partial charge in [-0.3, -0.25) is 9.36 Å². The van der Waals surface area contributed by atoms with E-state index in [2.05, 4.69) is 43.6 Å². The summed E-state index contributed by atoms with van der Waals surface area (Å²) in [5, 5.41) is 30.8. The van der Waals surface area contributed by atoms with Crippen molar-refractivity contribution in [2.24, 2.45) is 14.1 Å². The van der Waals surface area contributed by atoms with Crippen molar-refractivity contribution in [3.63, 3.8) is 0 Å². The van der Waals surface area contributed by atoms with Crippen LogP contribution < -0.4 is 17.1 Å². The largest absolute Gasteiger partial charge is 0.507 e. The molecule has 40 heavy (non-hydrogen) atoms. The quantitative estimate of drug-likeness (QED) is 0.155. The van der Waals surface area contributed by atoms with Gasteiger partial charge in [-0.15, -0.1) is 22.7 Å². The van der Waals surface area contributed by atoms with Crippen LogP contribution in [0.3, 0.4) is 0 Å². The molecule has 2 aromatic carbocycles. The lowest BCUT2D eigenvalue weighted by atomic mass is 9.86. The van der Waals surface area contributed by atoms with Crippen LogP contribution in [0.5, 0.6) is 0 Å². The first-order chi connectivity index (χ1) is 19.2. The number of nitrogens with zero attached hydrogens (tertiary/aromatic N) is 4. The number of halogens is 1. The Morgan fingerprint density at radius 3 is 1.68 bits per heavy atom. The van der Waals surface area contributed by atoms with Crippen LogP contribution in [0, 0.1) is 0 Å². The lowest BCUT2D eigenvalue weighted by molar-refractivity contribution is 0.421. The molecule has 0 amide bonds. The zero-order valence-electron chi connectivity index (χ0n) is 21.8. The van der Waals surface area contributed by atoms with Gasteiger partial charge in [-0.25, -0.2) is 0 Å². The normalized spacial score (nSPS) is 10.3. The van der Waals surface area contributed by atoms with Gasteiger partial charge < -0.3 is 21.5 Å². The minimum Gasteiger partial charge on any atom is -0.422 e. The van der Waals surface area contributed by atoms with Gasteiger partial charge in [0.15, 0.2) is 0 Å². The molecule has 0 aliphatic rings. The molecule has 0 spiro atoms. The molecule has 8 nitrogen and oxygen atoms in total. The monoisotopic (exact) mass is 634 g/mol. The molecule has 0 saturated carbocycles. The molecule has 6 rings (SSSR count). The average molecular weight is 635 g/mol. The highest BCUT2D eigenvalue weighted by atomic mass is 79.9. The Morgan fingerprint density at radius 1 is 0.725 bits per heavy atom. The Balaban J connectivity index is 0.000000149. The summed E-state index contributed by atoms with van der Waals surface area (Å²) in [6.45, 7) is 0. The van der Waals surface area contributed by atoms with E-state index in [-0.39, 0.29) is 0 Å². The van der Waals surface area contributed by atoms with E-state index in [4.69, 9.17) is 21.5 Å². The number of anilines is 2. The van der Waals surface area contributed by atoms with Gasteiger partial charge in [-0.05, 0) is 77.0 Å². The van der Waals surface area contributed by atoms with Crippen molar-refractivity contribution in [3.8, 4) is 32.4 Å². The third-order valence-electron chi connectivity index (χ3n) is 5.68. The van der Waals surface area contributed by atoms with E-state index in [1.165, 1.54) is 9.56 Å². The zero-order chi connectivity index (χ0) is 28.6. The van der Waals surface area contributed by atoms with Crippen LogP contribution in [0.15, 0.2) is 100 Å². The maximum absolute atomic E-state index is 9.01. The molecular formula is C28H28BBrN6O2S2. The molecule has 0 fully saturated rings. The Bertz CT molecular complexity index is 1590. The average Bonchev–Trinajstić information content (AvgIpc) is 3.74. The number of aromatic nitrogens is 4. The van der Waals surface area contributed by atoms with Crippen molar-refractivity contribution in [3.05, 3.63) is 100 Å². The lowest BCUT2D eigenvalue weighted by Crippen LogP contribution is -2.35. The summed E-state index contributed by atoms with van der Waals surface area (Å²) in [6.07, 6.45) is 0. The summed E-state index contributed by atoms with van der Waals surface area (Å²) in [6, 6.07) is 27.2. The van der Waals surface area contributed by atoms with Gasteiger partial charge in [0.05, 0.1) is 21.0 Å². The second kappa shape index (κ2) is 13.6. The fraction of sp³-hybridized carbons (Fsp3) is 0.0714. The summed E-state index contributed by atoms with van der Waals surface area (Å²) in [4.78, 5) is 2.21. The Labute approximate surface area is 249 Å². The Kier molecular flexibility index (Phi) is 9.96. The molecular weight excluding hydrogens is 607 g/mol. The van der Waals surface area contributed by atoms with E-state index in [1.807, 2.05) is 83.8 Å². The van der Waals surface area contributed by atoms with Crippen LogP contribution in [0.2, 0.25) is 0 Å². The van der Waals surface area contributed by atoms with Crippen LogP contribution in [0.1, 0.15) is 0 Å². The molecule has 6 N–H and O–H groups in total. The number of nitrogens with two attached hydrogens (primary N) is 2. The lowest BCUT2D eigenvalue weighted by Gasteiger charge is -2.01. The molecule has 0 unspecified atom stereocenters. The van der Waals surface area contributed by atoms with E-state index < -0.39 is 7.12 Å². The summed E-state index contributed by atoms with van der Waals surface area (Å²) in [5.74, 6) is 0. The van der Waals surface area contributed by atoms with Gasteiger partial charge in [-0.2, -0.15) is 10.2 Å². The van der Waals surface area contributed by atoms with Gasteiger partial charge in [-0.1, -0.05) is 40.2 Å². The van der Waals surface area contributed by atoms with Crippen molar-refractivity contribution in [2.45, 2.75) is 0 Å². The molecule has 0 saturated heterocycles. The minimum absolute atomic E-state index is 0.397. The number of nitrogen functional groups attached to an aromatic ring is 2. The SMILES string of the molecule is Cn1nc(-c2cccs2)cc1-c1ccc(N)cc1.Cn1nc(-c2cccs2)cc1B(O)O.Nc1ccc(Br)cc1. The second-order valence-electron chi connectivity index (χ2n) is 8.62. The van der Waals surface area contributed by atoms with E-state index in [0.717, 1.165) is 43.4 Å². The first kappa shape index (κ1) is 29.3. The van der Waals surface area contributed by atoms with Crippen molar-refractivity contribution in [1.29, 1.82) is 0 Å². The molecule has 4 aromatic heterocycles. The molecule has 204 valence electrons. The number of benzene rings is 2. The maximum Gasteiger partial charge on any atom is 0.507 e. The van der Waals surface area contributed by atoms with Gasteiger partial charge in [0.2, 0.25) is 0 Å². The highest BCUT2D eigenvalue weighted by Crippen LogP contribution is 2.28. The summed E-state index contributed by atoms with van der Waals surface area (Å²) >= 11 is 6.56. The molecule has 0 radical (unpaired) electrons. The standard InChI is InChI=1S/C14H13N3S.C8H9BN2O2S.C6H6BrN/c1-17-13(10-4-6-11(15)7-5-10)9-12(16-17)14-3-2-8-18-14;1-11-8(9(12)13)5-6(10-11)7-3-2-4-14-7;7-5-1-3-6(8)4-2-5/h2-9H,15H2,1H3;2-5,12-13H,1H3;1-4H,8H2. The molecule has 0 aliphatic carbocycles. The number of hydrogen-bond acceptors (Lipinski definition) is 8. The highest BCUT2D eigenvalue weighted by molar-refractivity contribution is 9.10. The second-order valence-corrected chi connectivity index (χ2v) is 11.4. The van der Waals surface area contributed by atoms with Crippen LogP contribution in [-0.2, 0) is 14.1 Å². The van der Waals surface area contributed by atoms with Crippen LogP contribution in [-0.4, -0.2) is 36.7 Å². The van der Waals surface area contributed by atoms with E-state index in [9.17, 15) is 0 Å². The molecule has 4 heterocycles. The van der Waals surface area contributed by atoms with Crippen molar-refractivity contribution >= 4 is 62.7 Å². The van der Waals surface area contributed by atoms with E-state index >= 15 is 0 Å². The fourth-order valence-electron chi connectivity index (χ4n) is 3.67. The van der Waals surface area contributed by atoms with Crippen LogP contribution in [0.25, 0.3) is 32.4 Å². The molecule has 12 heteroatoms. The van der Waals surface area contributed by atoms with Crippen LogP contribution in [0.4, 0.5) is 11.4 Å². The van der Waals surface area contributed by atoms with E-state index in [1.54, 1.807) is 35.8 Å². The van der Waals surface area contributed by atoms with Crippen molar-refractivity contribution in [2.75, 3.05) is 11.5 Å². The Morgan fingerprint density at radius 2 is 1.23 bits per heavy atom. The maximum atomic E-state index is 9.01. The number of aryl methyl sites for hydroxylation is 2. The molecule has 0 bridgehead atoms. The minimum atomic E-state index is -1.47. The number of hydrogen-bond donors (Lipinski definition) is 4. The number of thiophene rings is 2. The number of rotatable bonds is 4. The zero-order valence-corrected chi connectivity index (χ0v) is 25.1. The van der Waals surface area contributed by atoms with Crippen molar-refractivity contribution in [1.82, 2.24) is 19.6 Å². The summed E-state index contributed by atoms with van der Waals surface area (Å²) in [7, 11) is 2.18. The predicted octanol–water partition coefficient (Wildman–Crippen LogP) is 5.26. The van der Waals surface area contributed by atoms with Gasteiger partial charge in [0, 0.05) is 29.9 Å². The first-order valence-electron chi connectivity index (χ1n) is 12.1. The van der Waals surface area contributed by atoms with Gasteiger partial charge in [0.1, 0.15) is 11.4 Å². The highest BCUT2D eigenvalue weighted by Gasteiger charge is 2.18. The predicted molar refractivity (Wildman–Crippen MR) is 171 cm³/mol. The molecule has 6 aromatic rings. The summed E-state index contributed by atoms with van der Waals surface area (Å²) < 4.78 is 4.44. The Hall–Kier alpha value is -3.68.